The summed E-state index contributed by atoms with van der Waals surface area (Å²) in [4.78, 5) is 12.1. The van der Waals surface area contributed by atoms with Crippen molar-refractivity contribution in [1.82, 2.24) is 5.32 Å². The molecule has 0 heterocycles. The van der Waals surface area contributed by atoms with Crippen LogP contribution in [0.2, 0.25) is 0 Å². The van der Waals surface area contributed by atoms with Crippen LogP contribution in [0.15, 0.2) is 53.4 Å². The molecule has 0 atom stereocenters. The summed E-state index contributed by atoms with van der Waals surface area (Å²) in [6.07, 6.45) is -2.91. The van der Waals surface area contributed by atoms with Gasteiger partial charge in [0, 0.05) is 18.4 Å². The summed E-state index contributed by atoms with van der Waals surface area (Å²) >= 11 is 0. The molecular formula is C17H16F3NO3S. The Morgan fingerprint density at radius 1 is 1.00 bits per heavy atom. The molecular weight excluding hydrogens is 355 g/mol. The number of carbonyl (C=O) groups is 1. The van der Waals surface area contributed by atoms with E-state index in [4.69, 9.17) is 0 Å². The van der Waals surface area contributed by atoms with E-state index in [1.54, 1.807) is 0 Å². The number of amides is 1. The molecule has 0 aliphatic carbocycles. The highest BCUT2D eigenvalue weighted by molar-refractivity contribution is 7.90. The number of benzene rings is 2. The molecule has 0 fully saturated rings. The van der Waals surface area contributed by atoms with Gasteiger partial charge in [-0.05, 0) is 48.4 Å². The Bertz CT molecular complexity index is 842. The third kappa shape index (κ3) is 5.32. The van der Waals surface area contributed by atoms with Gasteiger partial charge in [0.1, 0.15) is 0 Å². The summed E-state index contributed by atoms with van der Waals surface area (Å²) in [5.74, 6) is -0.382. The number of hydrogen-bond acceptors (Lipinski definition) is 3. The number of rotatable bonds is 5. The van der Waals surface area contributed by atoms with Gasteiger partial charge in [0.15, 0.2) is 9.84 Å². The minimum absolute atomic E-state index is 0.119. The molecule has 4 nitrogen and oxygen atoms in total. The lowest BCUT2D eigenvalue weighted by Gasteiger charge is -2.08. The van der Waals surface area contributed by atoms with Crippen LogP contribution in [0.4, 0.5) is 13.2 Å². The lowest BCUT2D eigenvalue weighted by molar-refractivity contribution is -0.137. The van der Waals surface area contributed by atoms with Crippen molar-refractivity contribution >= 4 is 15.7 Å². The van der Waals surface area contributed by atoms with Crippen molar-refractivity contribution in [3.63, 3.8) is 0 Å². The Hall–Kier alpha value is -2.35. The van der Waals surface area contributed by atoms with E-state index < -0.39 is 21.6 Å². The van der Waals surface area contributed by atoms with Crippen molar-refractivity contribution in [2.75, 3.05) is 12.8 Å². The molecule has 0 aromatic heterocycles. The second-order valence-electron chi connectivity index (χ2n) is 5.50. The summed E-state index contributed by atoms with van der Waals surface area (Å²) in [6, 6.07) is 10.3. The zero-order valence-corrected chi connectivity index (χ0v) is 14.1. The molecule has 1 amide bonds. The Morgan fingerprint density at radius 3 is 2.04 bits per heavy atom. The Morgan fingerprint density at radius 2 is 1.56 bits per heavy atom. The van der Waals surface area contributed by atoms with Gasteiger partial charge >= 0.3 is 6.18 Å². The minimum atomic E-state index is -4.37. The zero-order chi connectivity index (χ0) is 18.7. The van der Waals surface area contributed by atoms with Crippen molar-refractivity contribution < 1.29 is 26.4 Å². The summed E-state index contributed by atoms with van der Waals surface area (Å²) in [6.45, 7) is 0.248. The molecule has 134 valence electrons. The SMILES string of the molecule is CS(=O)(=O)c1ccc(C(=O)NCCc2ccc(C(F)(F)F)cc2)cc1. The van der Waals surface area contributed by atoms with E-state index >= 15 is 0 Å². The number of nitrogens with one attached hydrogen (secondary N) is 1. The summed E-state index contributed by atoms with van der Waals surface area (Å²) in [5.41, 5.74) is 0.256. The Labute approximate surface area is 143 Å². The number of hydrogen-bond donors (Lipinski definition) is 1. The molecule has 2 rings (SSSR count). The van der Waals surface area contributed by atoms with E-state index in [1.165, 1.54) is 36.4 Å². The number of alkyl halides is 3. The van der Waals surface area contributed by atoms with Crippen molar-refractivity contribution in [3.05, 3.63) is 65.2 Å². The van der Waals surface area contributed by atoms with Gasteiger partial charge in [-0.25, -0.2) is 8.42 Å². The Balaban J connectivity index is 1.90. The normalized spacial score (nSPS) is 12.0. The van der Waals surface area contributed by atoms with Gasteiger partial charge < -0.3 is 5.32 Å². The fourth-order valence-corrected chi connectivity index (χ4v) is 2.77. The van der Waals surface area contributed by atoms with Crippen LogP contribution in [0.5, 0.6) is 0 Å². The molecule has 2 aromatic carbocycles. The fourth-order valence-electron chi connectivity index (χ4n) is 2.14. The lowest BCUT2D eigenvalue weighted by atomic mass is 10.1. The first kappa shape index (κ1) is 19.0. The minimum Gasteiger partial charge on any atom is -0.352 e. The third-order valence-electron chi connectivity index (χ3n) is 3.53. The van der Waals surface area contributed by atoms with E-state index in [0.717, 1.165) is 18.4 Å². The topological polar surface area (TPSA) is 63.2 Å². The molecule has 1 N–H and O–H groups in total. The van der Waals surface area contributed by atoms with Gasteiger partial charge in [0.2, 0.25) is 0 Å². The van der Waals surface area contributed by atoms with Crippen LogP contribution < -0.4 is 5.32 Å². The maximum absolute atomic E-state index is 12.5. The standard InChI is InChI=1S/C17H16F3NO3S/c1-25(23,24)15-8-4-13(5-9-15)16(22)21-11-10-12-2-6-14(7-3-12)17(18,19)20/h2-9H,10-11H2,1H3,(H,21,22). The summed E-state index contributed by atoms with van der Waals surface area (Å²) in [7, 11) is -3.32. The fraction of sp³-hybridized carbons (Fsp3) is 0.235. The molecule has 0 unspecified atom stereocenters. The molecule has 0 spiro atoms. The summed E-state index contributed by atoms with van der Waals surface area (Å²) < 4.78 is 60.1. The molecule has 0 aliphatic heterocycles. The predicted octanol–water partition coefficient (Wildman–Crippen LogP) is 3.08. The van der Waals surface area contributed by atoms with Crippen LogP contribution in [0.25, 0.3) is 0 Å². The highest BCUT2D eigenvalue weighted by Crippen LogP contribution is 2.29. The van der Waals surface area contributed by atoms with Crippen LogP contribution in [0.3, 0.4) is 0 Å². The van der Waals surface area contributed by atoms with Crippen molar-refractivity contribution in [1.29, 1.82) is 0 Å². The van der Waals surface area contributed by atoms with Gasteiger partial charge in [0.25, 0.3) is 5.91 Å². The van der Waals surface area contributed by atoms with E-state index in [2.05, 4.69) is 5.32 Å². The highest BCUT2D eigenvalue weighted by atomic mass is 32.2. The largest absolute Gasteiger partial charge is 0.416 e. The van der Waals surface area contributed by atoms with E-state index in [0.29, 0.717) is 17.5 Å². The second-order valence-corrected chi connectivity index (χ2v) is 7.51. The van der Waals surface area contributed by atoms with E-state index in [9.17, 15) is 26.4 Å². The molecule has 0 bridgehead atoms. The molecule has 8 heteroatoms. The zero-order valence-electron chi connectivity index (χ0n) is 13.3. The van der Waals surface area contributed by atoms with Gasteiger partial charge in [-0.15, -0.1) is 0 Å². The quantitative estimate of drug-likeness (QED) is 0.879. The molecule has 0 radical (unpaired) electrons. The van der Waals surface area contributed by atoms with Gasteiger partial charge in [-0.1, -0.05) is 12.1 Å². The van der Waals surface area contributed by atoms with Crippen LogP contribution in [0.1, 0.15) is 21.5 Å². The smallest absolute Gasteiger partial charge is 0.352 e. The predicted molar refractivity (Wildman–Crippen MR) is 87.0 cm³/mol. The van der Waals surface area contributed by atoms with Crippen LogP contribution in [-0.2, 0) is 22.4 Å². The van der Waals surface area contributed by atoms with Crippen LogP contribution in [-0.4, -0.2) is 27.1 Å². The first-order chi connectivity index (χ1) is 11.6. The number of carbonyl (C=O) groups excluding carboxylic acids is 1. The highest BCUT2D eigenvalue weighted by Gasteiger charge is 2.29. The number of sulfone groups is 1. The average Bonchev–Trinajstić information content (AvgIpc) is 2.54. The maximum atomic E-state index is 12.5. The van der Waals surface area contributed by atoms with Crippen molar-refractivity contribution in [2.45, 2.75) is 17.5 Å². The van der Waals surface area contributed by atoms with Crippen molar-refractivity contribution in [2.24, 2.45) is 0 Å². The average molecular weight is 371 g/mol. The molecule has 25 heavy (non-hydrogen) atoms. The molecule has 0 saturated heterocycles. The molecule has 0 aliphatic rings. The third-order valence-corrected chi connectivity index (χ3v) is 4.65. The number of halogens is 3. The first-order valence-corrected chi connectivity index (χ1v) is 9.21. The van der Waals surface area contributed by atoms with Crippen molar-refractivity contribution in [3.8, 4) is 0 Å². The van der Waals surface area contributed by atoms with E-state index in [-0.39, 0.29) is 17.3 Å². The lowest BCUT2D eigenvalue weighted by Crippen LogP contribution is -2.25. The maximum Gasteiger partial charge on any atom is 0.416 e. The Kier molecular flexibility index (Phi) is 5.52. The van der Waals surface area contributed by atoms with Gasteiger partial charge in [-0.2, -0.15) is 13.2 Å². The van der Waals surface area contributed by atoms with E-state index in [1.807, 2.05) is 0 Å². The van der Waals surface area contributed by atoms with Gasteiger partial charge in [0.05, 0.1) is 10.5 Å². The molecule has 2 aromatic rings. The summed E-state index contributed by atoms with van der Waals surface area (Å²) in [5, 5.41) is 2.64. The molecule has 0 saturated carbocycles. The second kappa shape index (κ2) is 7.26. The monoisotopic (exact) mass is 371 g/mol. The van der Waals surface area contributed by atoms with Crippen LogP contribution >= 0.6 is 0 Å². The van der Waals surface area contributed by atoms with Gasteiger partial charge in [-0.3, -0.25) is 4.79 Å². The first-order valence-electron chi connectivity index (χ1n) is 7.32. The van der Waals surface area contributed by atoms with Crippen LogP contribution in [0, 0.1) is 0 Å².